The Labute approximate surface area is 201 Å². The summed E-state index contributed by atoms with van der Waals surface area (Å²) in [6, 6.07) is 8.27. The van der Waals surface area contributed by atoms with Crippen LogP contribution >= 0.6 is 0 Å². The number of hydrogen-bond donors (Lipinski definition) is 2. The highest BCUT2D eigenvalue weighted by molar-refractivity contribution is 5.94. The molecule has 0 aliphatic heterocycles. The van der Waals surface area contributed by atoms with E-state index in [1.54, 1.807) is 0 Å². The lowest BCUT2D eigenvalue weighted by Crippen LogP contribution is -2.31. The first-order valence-corrected chi connectivity index (χ1v) is 11.7. The number of aryl methyl sites for hydroxylation is 1. The Morgan fingerprint density at radius 2 is 1.86 bits per heavy atom. The summed E-state index contributed by atoms with van der Waals surface area (Å²) in [6.45, 7) is 2.48. The fraction of sp³-hybridized carbons (Fsp3) is 0.346. The first kappa shape index (κ1) is 23.0. The van der Waals surface area contributed by atoms with Crippen LogP contribution in [0.25, 0.3) is 22.0 Å². The van der Waals surface area contributed by atoms with Crippen molar-refractivity contribution in [3.05, 3.63) is 65.6 Å². The maximum absolute atomic E-state index is 13.5. The number of benzene rings is 2. The number of carbonyl (C=O) groups is 1. The van der Waals surface area contributed by atoms with Crippen molar-refractivity contribution in [2.24, 2.45) is 13.0 Å². The zero-order chi connectivity index (χ0) is 24.7. The van der Waals surface area contributed by atoms with Gasteiger partial charge >= 0.3 is 0 Å². The normalized spacial score (nSPS) is 18.2. The second-order valence-corrected chi connectivity index (χ2v) is 9.32. The van der Waals surface area contributed by atoms with E-state index in [4.69, 9.17) is 5.10 Å². The maximum Gasteiger partial charge on any atom is 0.251 e. The van der Waals surface area contributed by atoms with Crippen molar-refractivity contribution in [2.75, 3.05) is 6.54 Å². The third-order valence-corrected chi connectivity index (χ3v) is 7.09. The quantitative estimate of drug-likeness (QED) is 0.427. The summed E-state index contributed by atoms with van der Waals surface area (Å²) in [4.78, 5) is 12.3. The number of nitrogens with zero attached hydrogens (tertiary/aromatic N) is 4. The molecule has 1 aliphatic rings. The molecule has 1 aliphatic carbocycles. The number of aromatic hydroxyl groups is 1. The van der Waals surface area contributed by atoms with Gasteiger partial charge in [-0.1, -0.05) is 12.1 Å². The van der Waals surface area contributed by atoms with Crippen molar-refractivity contribution in [2.45, 2.75) is 38.6 Å². The van der Waals surface area contributed by atoms with Gasteiger partial charge in [-0.2, -0.15) is 10.2 Å². The van der Waals surface area contributed by atoms with Crippen LogP contribution in [-0.2, 0) is 7.05 Å². The number of amides is 1. The first-order valence-electron chi connectivity index (χ1n) is 11.7. The predicted octanol–water partition coefficient (Wildman–Crippen LogP) is 4.89. The molecule has 4 aromatic rings. The van der Waals surface area contributed by atoms with Gasteiger partial charge in [-0.05, 0) is 62.3 Å². The van der Waals surface area contributed by atoms with E-state index in [-0.39, 0.29) is 11.5 Å². The van der Waals surface area contributed by atoms with Crippen molar-refractivity contribution >= 4 is 16.8 Å². The summed E-state index contributed by atoms with van der Waals surface area (Å²) < 4.78 is 31.0. The number of halogens is 2. The zero-order valence-corrected chi connectivity index (χ0v) is 19.6. The third-order valence-electron chi connectivity index (χ3n) is 7.09. The van der Waals surface area contributed by atoms with E-state index < -0.39 is 23.3 Å². The molecular weight excluding hydrogens is 452 g/mol. The summed E-state index contributed by atoms with van der Waals surface area (Å²) in [5.74, 6) is -3.64. The Morgan fingerprint density at radius 1 is 1.14 bits per heavy atom. The molecule has 0 atom stereocenters. The van der Waals surface area contributed by atoms with Gasteiger partial charge in [-0.3, -0.25) is 14.2 Å². The Kier molecular flexibility index (Phi) is 6.00. The van der Waals surface area contributed by atoms with Gasteiger partial charge in [0.2, 0.25) is 0 Å². The van der Waals surface area contributed by atoms with Crippen LogP contribution in [0.3, 0.4) is 0 Å². The lowest BCUT2D eigenvalue weighted by molar-refractivity contribution is 0.0940. The Bertz CT molecular complexity index is 1380. The second kappa shape index (κ2) is 9.13. The summed E-state index contributed by atoms with van der Waals surface area (Å²) in [6.07, 6.45) is 7.67. The molecule has 0 bridgehead atoms. The van der Waals surface area contributed by atoms with Gasteiger partial charge in [0.1, 0.15) is 0 Å². The second-order valence-electron chi connectivity index (χ2n) is 9.32. The van der Waals surface area contributed by atoms with Crippen molar-refractivity contribution < 1.29 is 18.7 Å². The van der Waals surface area contributed by atoms with Crippen LogP contribution in [0.5, 0.6) is 5.75 Å². The lowest BCUT2D eigenvalue weighted by Gasteiger charge is -2.28. The molecule has 35 heavy (non-hydrogen) atoms. The number of nitrogens with one attached hydrogen (secondary N) is 1. The molecule has 182 valence electrons. The minimum absolute atomic E-state index is 0.143. The van der Waals surface area contributed by atoms with Gasteiger partial charge < -0.3 is 10.4 Å². The first-order chi connectivity index (χ1) is 16.8. The van der Waals surface area contributed by atoms with Gasteiger partial charge in [0.15, 0.2) is 17.4 Å². The van der Waals surface area contributed by atoms with Crippen LogP contribution in [0.15, 0.2) is 42.7 Å². The highest BCUT2D eigenvalue weighted by atomic mass is 19.1. The molecule has 2 aromatic carbocycles. The van der Waals surface area contributed by atoms with E-state index in [1.807, 2.05) is 24.9 Å². The molecule has 2 heterocycles. The molecule has 2 N–H and O–H groups in total. The van der Waals surface area contributed by atoms with Gasteiger partial charge in [0.05, 0.1) is 17.8 Å². The van der Waals surface area contributed by atoms with Crippen LogP contribution in [0.1, 0.15) is 47.8 Å². The van der Waals surface area contributed by atoms with E-state index >= 15 is 0 Å². The Morgan fingerprint density at radius 3 is 2.51 bits per heavy atom. The predicted molar refractivity (Wildman–Crippen MR) is 128 cm³/mol. The van der Waals surface area contributed by atoms with Crippen molar-refractivity contribution in [3.63, 3.8) is 0 Å². The van der Waals surface area contributed by atoms with E-state index in [0.29, 0.717) is 12.6 Å². The minimum Gasteiger partial charge on any atom is -0.503 e. The van der Waals surface area contributed by atoms with Gasteiger partial charge in [0, 0.05) is 42.0 Å². The molecule has 0 spiro atoms. The molecule has 1 amide bonds. The SMILES string of the molecule is Cc1c(-c2ccc3cn([C@H]4CC[C@H](CNC(=O)c5cc(F)c(O)c(F)c5)CC4)nc3c2)cnn1C. The molecule has 0 radical (unpaired) electrons. The average molecular weight is 480 g/mol. The van der Waals surface area contributed by atoms with Gasteiger partial charge in [-0.25, -0.2) is 8.78 Å². The topological polar surface area (TPSA) is 85.0 Å². The molecule has 0 unspecified atom stereocenters. The summed E-state index contributed by atoms with van der Waals surface area (Å²) in [7, 11) is 1.93. The summed E-state index contributed by atoms with van der Waals surface area (Å²) >= 11 is 0. The smallest absolute Gasteiger partial charge is 0.251 e. The fourth-order valence-corrected chi connectivity index (χ4v) is 4.82. The number of hydrogen-bond acceptors (Lipinski definition) is 4. The van der Waals surface area contributed by atoms with E-state index in [2.05, 4.69) is 39.5 Å². The molecule has 1 saturated carbocycles. The standard InChI is InChI=1S/C26H27F2N5O2/c1-15-21(13-30-32(15)2)17-5-6-18-14-33(31-24(18)11-17)20-7-3-16(4-8-20)12-29-26(35)19-9-22(27)25(34)23(28)10-19/h5-6,9-11,13-14,16,20,34H,3-4,7-8,12H2,1-2H3,(H,29,35)/t16-,20-. The molecular formula is C26H27F2N5O2. The number of phenolic OH excluding ortho intramolecular Hbond substituents is 1. The van der Waals surface area contributed by atoms with Crippen molar-refractivity contribution in [1.82, 2.24) is 24.9 Å². The fourth-order valence-electron chi connectivity index (χ4n) is 4.82. The van der Waals surface area contributed by atoms with Gasteiger partial charge in [0.25, 0.3) is 5.91 Å². The van der Waals surface area contributed by atoms with Crippen LogP contribution in [0, 0.1) is 24.5 Å². The minimum atomic E-state index is -1.15. The third kappa shape index (κ3) is 4.50. The number of carbonyl (C=O) groups excluding carboxylic acids is 1. The van der Waals surface area contributed by atoms with E-state index in [1.165, 1.54) is 0 Å². The van der Waals surface area contributed by atoms with Crippen LogP contribution < -0.4 is 5.32 Å². The largest absolute Gasteiger partial charge is 0.503 e. The average Bonchev–Trinajstić information content (AvgIpc) is 3.43. The number of fused-ring (bicyclic) bond motifs is 1. The molecule has 9 heteroatoms. The Balaban J connectivity index is 1.20. The van der Waals surface area contributed by atoms with Crippen LogP contribution in [-0.4, -0.2) is 37.1 Å². The van der Waals surface area contributed by atoms with E-state index in [0.717, 1.165) is 65.5 Å². The van der Waals surface area contributed by atoms with Crippen molar-refractivity contribution in [3.8, 4) is 16.9 Å². The number of rotatable bonds is 5. The van der Waals surface area contributed by atoms with Crippen LogP contribution in [0.2, 0.25) is 0 Å². The van der Waals surface area contributed by atoms with Crippen molar-refractivity contribution in [1.29, 1.82) is 0 Å². The molecule has 7 nitrogen and oxygen atoms in total. The monoisotopic (exact) mass is 479 g/mol. The molecule has 5 rings (SSSR count). The summed E-state index contributed by atoms with van der Waals surface area (Å²) in [5, 5.41) is 22.2. The number of aromatic nitrogens is 4. The van der Waals surface area contributed by atoms with E-state index in [9.17, 15) is 18.7 Å². The molecule has 2 aromatic heterocycles. The highest BCUT2D eigenvalue weighted by Crippen LogP contribution is 2.33. The van der Waals surface area contributed by atoms with Gasteiger partial charge in [-0.15, -0.1) is 0 Å². The molecule has 0 saturated heterocycles. The lowest BCUT2D eigenvalue weighted by atomic mass is 9.86. The zero-order valence-electron chi connectivity index (χ0n) is 19.6. The van der Waals surface area contributed by atoms with Crippen LogP contribution in [0.4, 0.5) is 8.78 Å². The highest BCUT2D eigenvalue weighted by Gasteiger charge is 2.24. The summed E-state index contributed by atoms with van der Waals surface area (Å²) in [5.41, 5.74) is 4.12. The Hall–Kier alpha value is -3.75. The number of phenols is 1. The molecule has 1 fully saturated rings. The maximum atomic E-state index is 13.5.